The highest BCUT2D eigenvalue weighted by Gasteiger charge is 2.19. The van der Waals surface area contributed by atoms with Gasteiger partial charge in [-0.2, -0.15) is 0 Å². The van der Waals surface area contributed by atoms with Gasteiger partial charge in [0.15, 0.2) is 5.69 Å². The minimum atomic E-state index is -0.581. The monoisotopic (exact) mass is 271 g/mol. The van der Waals surface area contributed by atoms with Gasteiger partial charge < -0.3 is 9.30 Å². The number of benzene rings is 1. The molecular formula is C14H13N3O3. The zero-order valence-electron chi connectivity index (χ0n) is 11.2. The topological polar surface area (TPSA) is 65.6 Å². The number of fused-ring (bicyclic) bond motifs is 3. The number of aryl methyl sites for hydroxylation is 1. The number of carbonyl (C=O) groups excluding carboxylic acids is 1. The van der Waals surface area contributed by atoms with Gasteiger partial charge in [0.2, 0.25) is 0 Å². The molecule has 3 aromatic rings. The molecule has 0 atom stereocenters. The number of carbonyl (C=O) groups is 1. The van der Waals surface area contributed by atoms with Crippen LogP contribution in [0, 0.1) is 0 Å². The molecule has 2 heterocycles. The first-order valence-corrected chi connectivity index (χ1v) is 6.27. The fourth-order valence-electron chi connectivity index (χ4n) is 2.30. The Hall–Kier alpha value is -2.63. The SMILES string of the molecule is CCOC(=O)c1ncn2c1c(=O)n(C)c1ccccc12. The standard InChI is InChI=1S/C14H13N3O3/c1-3-20-14(19)11-12-13(18)16(2)9-6-4-5-7-10(9)17(12)8-15-11/h4-8H,3H2,1-2H3. The number of hydrogen-bond donors (Lipinski definition) is 0. The van der Waals surface area contributed by atoms with Crippen LogP contribution in [0.4, 0.5) is 0 Å². The highest BCUT2D eigenvalue weighted by atomic mass is 16.5. The average Bonchev–Trinajstić information content (AvgIpc) is 2.90. The van der Waals surface area contributed by atoms with Gasteiger partial charge in [-0.05, 0) is 19.1 Å². The van der Waals surface area contributed by atoms with Crippen molar-refractivity contribution >= 4 is 22.5 Å². The summed E-state index contributed by atoms with van der Waals surface area (Å²) in [5.41, 5.74) is 1.61. The lowest BCUT2D eigenvalue weighted by molar-refractivity contribution is 0.0522. The first-order valence-electron chi connectivity index (χ1n) is 6.27. The van der Waals surface area contributed by atoms with E-state index in [0.29, 0.717) is 0 Å². The lowest BCUT2D eigenvalue weighted by Gasteiger charge is -2.07. The van der Waals surface area contributed by atoms with E-state index in [4.69, 9.17) is 4.74 Å². The summed E-state index contributed by atoms with van der Waals surface area (Å²) in [5.74, 6) is -0.581. The fourth-order valence-corrected chi connectivity index (χ4v) is 2.30. The minimum Gasteiger partial charge on any atom is -0.461 e. The molecule has 0 radical (unpaired) electrons. The molecule has 6 nitrogen and oxygen atoms in total. The second kappa shape index (κ2) is 4.48. The van der Waals surface area contributed by atoms with E-state index in [1.165, 1.54) is 10.9 Å². The van der Waals surface area contributed by atoms with Crippen LogP contribution < -0.4 is 5.56 Å². The number of rotatable bonds is 2. The summed E-state index contributed by atoms with van der Waals surface area (Å²) >= 11 is 0. The quantitative estimate of drug-likeness (QED) is 0.660. The molecule has 0 aliphatic rings. The molecule has 0 aliphatic carbocycles. The van der Waals surface area contributed by atoms with Gasteiger partial charge in [-0.1, -0.05) is 12.1 Å². The molecule has 0 saturated carbocycles. The van der Waals surface area contributed by atoms with E-state index in [1.807, 2.05) is 24.3 Å². The minimum absolute atomic E-state index is 0.0539. The van der Waals surface area contributed by atoms with E-state index in [1.54, 1.807) is 18.4 Å². The van der Waals surface area contributed by atoms with Crippen LogP contribution in [0.2, 0.25) is 0 Å². The van der Waals surface area contributed by atoms with Crippen LogP contribution in [0.1, 0.15) is 17.4 Å². The van der Waals surface area contributed by atoms with Gasteiger partial charge in [0.1, 0.15) is 11.8 Å². The van der Waals surface area contributed by atoms with Gasteiger partial charge in [-0.15, -0.1) is 0 Å². The maximum absolute atomic E-state index is 12.4. The summed E-state index contributed by atoms with van der Waals surface area (Å²) in [6.45, 7) is 1.95. The second-order valence-electron chi connectivity index (χ2n) is 4.39. The van der Waals surface area contributed by atoms with Gasteiger partial charge in [0.25, 0.3) is 5.56 Å². The van der Waals surface area contributed by atoms with E-state index >= 15 is 0 Å². The molecule has 2 aromatic heterocycles. The lowest BCUT2D eigenvalue weighted by atomic mass is 10.2. The van der Waals surface area contributed by atoms with Gasteiger partial charge >= 0.3 is 5.97 Å². The average molecular weight is 271 g/mol. The molecule has 102 valence electrons. The van der Waals surface area contributed by atoms with E-state index in [0.717, 1.165) is 11.0 Å². The number of hydrogen-bond acceptors (Lipinski definition) is 4. The Morgan fingerprint density at radius 2 is 2.00 bits per heavy atom. The van der Waals surface area contributed by atoms with Gasteiger partial charge in [-0.25, -0.2) is 9.78 Å². The van der Waals surface area contributed by atoms with Gasteiger partial charge in [-0.3, -0.25) is 9.20 Å². The van der Waals surface area contributed by atoms with E-state index in [2.05, 4.69) is 4.98 Å². The molecule has 0 saturated heterocycles. The molecule has 0 bridgehead atoms. The van der Waals surface area contributed by atoms with Crippen molar-refractivity contribution in [2.75, 3.05) is 6.61 Å². The summed E-state index contributed by atoms with van der Waals surface area (Å²) in [7, 11) is 1.67. The number of nitrogens with zero attached hydrogens (tertiary/aromatic N) is 3. The maximum atomic E-state index is 12.4. The molecule has 6 heteroatoms. The van der Waals surface area contributed by atoms with Crippen LogP contribution in [0.15, 0.2) is 35.4 Å². The Morgan fingerprint density at radius 1 is 1.30 bits per heavy atom. The predicted molar refractivity (Wildman–Crippen MR) is 73.9 cm³/mol. The van der Waals surface area contributed by atoms with Crippen molar-refractivity contribution in [2.45, 2.75) is 6.92 Å². The first-order chi connectivity index (χ1) is 9.65. The summed E-state index contributed by atoms with van der Waals surface area (Å²) < 4.78 is 8.08. The van der Waals surface area contributed by atoms with Crippen molar-refractivity contribution in [2.24, 2.45) is 7.05 Å². The second-order valence-corrected chi connectivity index (χ2v) is 4.39. The molecule has 0 spiro atoms. The van der Waals surface area contributed by atoms with Crippen molar-refractivity contribution in [1.82, 2.24) is 14.0 Å². The summed E-state index contributed by atoms with van der Waals surface area (Å²) in [6, 6.07) is 7.45. The third-order valence-electron chi connectivity index (χ3n) is 3.25. The number of esters is 1. The molecule has 0 aliphatic heterocycles. The predicted octanol–water partition coefficient (Wildman–Crippen LogP) is 1.36. The van der Waals surface area contributed by atoms with Crippen molar-refractivity contribution in [3.05, 3.63) is 46.6 Å². The Kier molecular flexibility index (Phi) is 2.78. The van der Waals surface area contributed by atoms with Gasteiger partial charge in [0.05, 0.1) is 17.6 Å². The van der Waals surface area contributed by atoms with Crippen LogP contribution >= 0.6 is 0 Å². The maximum Gasteiger partial charge on any atom is 0.359 e. The Labute approximate surface area is 114 Å². The van der Waals surface area contributed by atoms with Gasteiger partial charge in [0, 0.05) is 7.05 Å². The highest BCUT2D eigenvalue weighted by Crippen LogP contribution is 2.16. The van der Waals surface area contributed by atoms with Crippen molar-refractivity contribution in [1.29, 1.82) is 0 Å². The molecule has 3 rings (SSSR count). The molecule has 1 aromatic carbocycles. The van der Waals surface area contributed by atoms with Crippen molar-refractivity contribution in [3.8, 4) is 0 Å². The normalized spacial score (nSPS) is 11.1. The highest BCUT2D eigenvalue weighted by molar-refractivity contribution is 5.96. The molecular weight excluding hydrogens is 258 g/mol. The Balaban J connectivity index is 2.45. The summed E-state index contributed by atoms with van der Waals surface area (Å²) in [6.07, 6.45) is 1.48. The number of aromatic nitrogens is 3. The van der Waals surface area contributed by atoms with Crippen LogP contribution in [0.25, 0.3) is 16.6 Å². The lowest BCUT2D eigenvalue weighted by Crippen LogP contribution is -2.21. The van der Waals surface area contributed by atoms with Crippen LogP contribution in [0.3, 0.4) is 0 Å². The zero-order chi connectivity index (χ0) is 14.3. The van der Waals surface area contributed by atoms with Crippen LogP contribution in [-0.2, 0) is 11.8 Å². The Morgan fingerprint density at radius 3 is 2.70 bits per heavy atom. The van der Waals surface area contributed by atoms with E-state index < -0.39 is 5.97 Å². The fraction of sp³-hybridized carbons (Fsp3) is 0.214. The molecule has 0 unspecified atom stereocenters. The van der Waals surface area contributed by atoms with Crippen molar-refractivity contribution in [3.63, 3.8) is 0 Å². The smallest absolute Gasteiger partial charge is 0.359 e. The summed E-state index contributed by atoms with van der Waals surface area (Å²) in [5, 5.41) is 0. The van der Waals surface area contributed by atoms with Crippen LogP contribution in [-0.4, -0.2) is 26.5 Å². The van der Waals surface area contributed by atoms with Crippen LogP contribution in [0.5, 0.6) is 0 Å². The third-order valence-corrected chi connectivity index (χ3v) is 3.25. The molecule has 0 amide bonds. The molecule has 0 N–H and O–H groups in total. The van der Waals surface area contributed by atoms with E-state index in [9.17, 15) is 9.59 Å². The molecule has 0 fully saturated rings. The summed E-state index contributed by atoms with van der Waals surface area (Å²) in [4.78, 5) is 28.3. The Bertz CT molecular complexity index is 876. The first kappa shape index (κ1) is 12.4. The van der Waals surface area contributed by atoms with E-state index in [-0.39, 0.29) is 23.4 Å². The largest absolute Gasteiger partial charge is 0.461 e. The molecule has 20 heavy (non-hydrogen) atoms. The zero-order valence-corrected chi connectivity index (χ0v) is 11.2. The number of ether oxygens (including phenoxy) is 1. The number of para-hydroxylation sites is 2. The number of imidazole rings is 1. The van der Waals surface area contributed by atoms with Crippen molar-refractivity contribution < 1.29 is 9.53 Å². The third kappa shape index (κ3) is 1.61.